The normalized spacial score (nSPS) is 18.6. The number of aromatic nitrogens is 2. The largest absolute Gasteiger partial charge is 0.324 e. The molecule has 0 bridgehead atoms. The van der Waals surface area contributed by atoms with E-state index in [9.17, 15) is 8.42 Å². The van der Waals surface area contributed by atoms with Gasteiger partial charge < -0.3 is 5.73 Å². The zero-order valence-electron chi connectivity index (χ0n) is 11.9. The van der Waals surface area contributed by atoms with Crippen LogP contribution in [0.4, 0.5) is 0 Å². The fourth-order valence-corrected chi connectivity index (χ4v) is 4.19. The van der Waals surface area contributed by atoms with Crippen LogP contribution in [0.1, 0.15) is 43.5 Å². The van der Waals surface area contributed by atoms with E-state index in [0.29, 0.717) is 17.9 Å². The summed E-state index contributed by atoms with van der Waals surface area (Å²) in [6.07, 6.45) is 5.08. The third-order valence-electron chi connectivity index (χ3n) is 3.79. The summed E-state index contributed by atoms with van der Waals surface area (Å²) in [6.45, 7) is 3.67. The molecule has 8 heteroatoms. The highest BCUT2D eigenvalue weighted by atomic mass is 35.5. The highest BCUT2D eigenvalue weighted by Gasteiger charge is 2.30. The van der Waals surface area contributed by atoms with Crippen molar-refractivity contribution in [1.29, 1.82) is 0 Å². The van der Waals surface area contributed by atoms with Gasteiger partial charge in [0.25, 0.3) is 0 Å². The van der Waals surface area contributed by atoms with Gasteiger partial charge in [-0.2, -0.15) is 5.10 Å². The minimum Gasteiger partial charge on any atom is -0.324 e. The summed E-state index contributed by atoms with van der Waals surface area (Å²) in [6, 6.07) is 0. The van der Waals surface area contributed by atoms with Crippen LogP contribution in [-0.2, 0) is 10.0 Å². The first-order valence-corrected chi connectivity index (χ1v) is 8.12. The Morgan fingerprint density at radius 3 is 2.40 bits per heavy atom. The molecule has 1 fully saturated rings. The quantitative estimate of drug-likeness (QED) is 0.779. The molecule has 0 unspecified atom stereocenters. The molecule has 1 aromatic heterocycles. The molecule has 0 aliphatic heterocycles. The van der Waals surface area contributed by atoms with E-state index < -0.39 is 15.6 Å². The minimum absolute atomic E-state index is 0. The summed E-state index contributed by atoms with van der Waals surface area (Å²) >= 11 is 0. The Balaban J connectivity index is 0.00000200. The maximum atomic E-state index is 12.3. The van der Waals surface area contributed by atoms with Crippen LogP contribution in [-0.4, -0.2) is 30.7 Å². The van der Waals surface area contributed by atoms with Crippen LogP contribution in [0.15, 0.2) is 4.90 Å². The lowest BCUT2D eigenvalue weighted by molar-refractivity contribution is 0.296. The molecule has 116 valence electrons. The van der Waals surface area contributed by atoms with E-state index >= 15 is 0 Å². The third-order valence-corrected chi connectivity index (χ3v) is 5.46. The van der Waals surface area contributed by atoms with Crippen molar-refractivity contribution in [1.82, 2.24) is 14.9 Å². The number of nitrogens with two attached hydrogens (primary N) is 1. The Hall–Kier alpha value is -0.630. The van der Waals surface area contributed by atoms with Crippen molar-refractivity contribution >= 4 is 22.4 Å². The average Bonchev–Trinajstić information content (AvgIpc) is 2.68. The van der Waals surface area contributed by atoms with Gasteiger partial charge >= 0.3 is 0 Å². The molecular formula is C12H23ClN4O2S. The lowest BCUT2D eigenvalue weighted by atomic mass is 9.83. The summed E-state index contributed by atoms with van der Waals surface area (Å²) in [5, 5.41) is 6.61. The predicted molar refractivity (Wildman–Crippen MR) is 80.5 cm³/mol. The van der Waals surface area contributed by atoms with Gasteiger partial charge in [0.1, 0.15) is 4.90 Å². The van der Waals surface area contributed by atoms with E-state index in [1.807, 2.05) is 0 Å². The maximum absolute atomic E-state index is 12.3. The molecule has 20 heavy (non-hydrogen) atoms. The fourth-order valence-electron chi connectivity index (χ4n) is 2.68. The number of hydrogen-bond acceptors (Lipinski definition) is 4. The maximum Gasteiger partial charge on any atom is 0.244 e. The van der Waals surface area contributed by atoms with Gasteiger partial charge in [-0.05, 0) is 26.7 Å². The van der Waals surface area contributed by atoms with Crippen molar-refractivity contribution in [3.8, 4) is 0 Å². The van der Waals surface area contributed by atoms with Crippen LogP contribution < -0.4 is 10.5 Å². The summed E-state index contributed by atoms with van der Waals surface area (Å²) in [4.78, 5) is 0.243. The smallest absolute Gasteiger partial charge is 0.244 e. The lowest BCUT2D eigenvalue weighted by Crippen LogP contribution is -2.51. The molecule has 2 rings (SSSR count). The number of rotatable bonds is 4. The van der Waals surface area contributed by atoms with Crippen LogP contribution in [0, 0.1) is 13.8 Å². The Kier molecular flexibility index (Phi) is 5.60. The standard InChI is InChI=1S/C12H22N4O2S.ClH/c1-9-11(10(2)16-15-9)19(17,18)14-8-12(13)6-4-3-5-7-12;/h14H,3-8,13H2,1-2H3,(H,15,16);1H. The number of nitrogens with one attached hydrogen (secondary N) is 2. The van der Waals surface area contributed by atoms with Gasteiger partial charge in [0.2, 0.25) is 10.0 Å². The number of aryl methyl sites for hydroxylation is 2. The van der Waals surface area contributed by atoms with Crippen LogP contribution in [0.2, 0.25) is 0 Å². The van der Waals surface area contributed by atoms with Gasteiger partial charge in [-0.15, -0.1) is 12.4 Å². The van der Waals surface area contributed by atoms with Crippen molar-refractivity contribution in [2.45, 2.75) is 56.4 Å². The van der Waals surface area contributed by atoms with Gasteiger partial charge in [-0.3, -0.25) is 5.10 Å². The van der Waals surface area contributed by atoms with E-state index in [1.54, 1.807) is 13.8 Å². The average molecular weight is 323 g/mol. The highest BCUT2D eigenvalue weighted by Crippen LogP contribution is 2.26. The van der Waals surface area contributed by atoms with Crippen molar-refractivity contribution in [3.05, 3.63) is 11.4 Å². The third kappa shape index (κ3) is 3.72. The first kappa shape index (κ1) is 17.4. The SMILES string of the molecule is Cc1n[nH]c(C)c1S(=O)(=O)NCC1(N)CCCCC1.Cl. The first-order valence-electron chi connectivity index (χ1n) is 6.64. The van der Waals surface area contributed by atoms with Gasteiger partial charge in [0.05, 0.1) is 11.4 Å². The number of H-pyrrole nitrogens is 1. The van der Waals surface area contributed by atoms with Crippen LogP contribution in [0.5, 0.6) is 0 Å². The van der Waals surface area contributed by atoms with Gasteiger partial charge in [0, 0.05) is 12.1 Å². The van der Waals surface area contributed by atoms with Crippen molar-refractivity contribution in [2.24, 2.45) is 5.73 Å². The van der Waals surface area contributed by atoms with Crippen LogP contribution in [0.25, 0.3) is 0 Å². The zero-order chi connectivity index (χ0) is 14.1. The summed E-state index contributed by atoms with van der Waals surface area (Å²) in [5.41, 5.74) is 6.88. The highest BCUT2D eigenvalue weighted by molar-refractivity contribution is 7.89. The molecule has 1 aliphatic rings. The van der Waals surface area contributed by atoms with Crippen molar-refractivity contribution in [2.75, 3.05) is 6.54 Å². The molecule has 4 N–H and O–H groups in total. The van der Waals surface area contributed by atoms with Gasteiger partial charge in [0.15, 0.2) is 0 Å². The Labute approximate surface area is 126 Å². The molecule has 0 saturated heterocycles. The van der Waals surface area contributed by atoms with Gasteiger partial charge in [-0.25, -0.2) is 13.1 Å². The molecule has 0 spiro atoms. The molecule has 1 aromatic rings. The first-order chi connectivity index (χ1) is 8.84. The summed E-state index contributed by atoms with van der Waals surface area (Å²) in [7, 11) is -3.54. The fraction of sp³-hybridized carbons (Fsp3) is 0.750. The van der Waals surface area contributed by atoms with Crippen molar-refractivity contribution in [3.63, 3.8) is 0 Å². The molecule has 6 nitrogen and oxygen atoms in total. The van der Waals surface area contributed by atoms with E-state index in [4.69, 9.17) is 5.73 Å². The zero-order valence-corrected chi connectivity index (χ0v) is 13.5. The minimum atomic E-state index is -3.54. The monoisotopic (exact) mass is 322 g/mol. The number of hydrogen-bond donors (Lipinski definition) is 3. The second-order valence-corrected chi connectivity index (χ2v) is 7.21. The van der Waals surface area contributed by atoms with Gasteiger partial charge in [-0.1, -0.05) is 19.3 Å². The van der Waals surface area contributed by atoms with E-state index in [-0.39, 0.29) is 17.3 Å². The Morgan fingerprint density at radius 2 is 1.90 bits per heavy atom. The predicted octanol–water partition coefficient (Wildman–Crippen LogP) is 1.39. The number of sulfonamides is 1. The van der Waals surface area contributed by atoms with E-state index in [0.717, 1.165) is 25.7 Å². The molecular weight excluding hydrogens is 300 g/mol. The second-order valence-electron chi connectivity index (χ2n) is 5.51. The molecule has 0 radical (unpaired) electrons. The van der Waals surface area contributed by atoms with E-state index in [2.05, 4.69) is 14.9 Å². The molecule has 1 aliphatic carbocycles. The van der Waals surface area contributed by atoms with Crippen LogP contribution >= 0.6 is 12.4 Å². The summed E-state index contributed by atoms with van der Waals surface area (Å²) < 4.78 is 27.2. The topological polar surface area (TPSA) is 101 Å². The number of halogens is 1. The van der Waals surface area contributed by atoms with E-state index in [1.165, 1.54) is 6.42 Å². The Bertz CT molecular complexity index is 530. The van der Waals surface area contributed by atoms with Crippen molar-refractivity contribution < 1.29 is 8.42 Å². The molecule has 0 atom stereocenters. The van der Waals surface area contributed by atoms with Crippen LogP contribution in [0.3, 0.4) is 0 Å². The number of aromatic amines is 1. The number of nitrogens with zero attached hydrogens (tertiary/aromatic N) is 1. The lowest BCUT2D eigenvalue weighted by Gasteiger charge is -2.33. The summed E-state index contributed by atoms with van der Waals surface area (Å²) in [5.74, 6) is 0. The molecule has 0 amide bonds. The molecule has 1 saturated carbocycles. The molecule has 0 aromatic carbocycles. The Morgan fingerprint density at radius 1 is 1.30 bits per heavy atom. The molecule has 1 heterocycles. The second kappa shape index (κ2) is 6.43.